The number of ether oxygens (including phenoxy) is 3. The minimum atomic E-state index is -0.260. The lowest BCUT2D eigenvalue weighted by molar-refractivity contribution is -0.150. The van der Waals surface area contributed by atoms with Gasteiger partial charge in [0, 0.05) is 20.5 Å². The number of methoxy groups -OCH3 is 1. The normalized spacial score (nSPS) is 33.3. The van der Waals surface area contributed by atoms with Crippen molar-refractivity contribution in [2.45, 2.75) is 45.2 Å². The third-order valence-corrected chi connectivity index (χ3v) is 2.15. The molecule has 1 aliphatic heterocycles. The van der Waals surface area contributed by atoms with Gasteiger partial charge in [-0.2, -0.15) is 0 Å². The van der Waals surface area contributed by atoms with Gasteiger partial charge in [-0.3, -0.25) is 4.79 Å². The Bertz CT molecular complexity index is 180. The minimum absolute atomic E-state index is 0.0196. The van der Waals surface area contributed by atoms with Gasteiger partial charge in [-0.1, -0.05) is 6.92 Å². The molecule has 76 valence electrons. The third-order valence-electron chi connectivity index (χ3n) is 2.15. The predicted octanol–water partition coefficient (Wildman–Crippen LogP) is 1.09. The van der Waals surface area contributed by atoms with Crippen LogP contribution in [0.15, 0.2) is 0 Å². The van der Waals surface area contributed by atoms with Gasteiger partial charge in [0.05, 0.1) is 6.10 Å². The van der Waals surface area contributed by atoms with E-state index in [1.54, 1.807) is 7.11 Å². The predicted molar refractivity (Wildman–Crippen MR) is 46.1 cm³/mol. The van der Waals surface area contributed by atoms with Crippen LogP contribution in [0.3, 0.4) is 0 Å². The first-order chi connectivity index (χ1) is 6.17. The first-order valence-corrected chi connectivity index (χ1v) is 4.52. The van der Waals surface area contributed by atoms with Crippen molar-refractivity contribution in [2.75, 3.05) is 7.11 Å². The van der Waals surface area contributed by atoms with Crippen molar-refractivity contribution in [3.63, 3.8) is 0 Å². The monoisotopic (exact) mass is 188 g/mol. The highest BCUT2D eigenvalue weighted by Gasteiger charge is 2.36. The average Bonchev–Trinajstić information content (AvgIpc) is 2.46. The molecule has 0 N–H and O–H groups in total. The van der Waals surface area contributed by atoms with Crippen molar-refractivity contribution in [1.82, 2.24) is 0 Å². The molecule has 0 aromatic heterocycles. The van der Waals surface area contributed by atoms with Crippen LogP contribution in [0.1, 0.15) is 26.7 Å². The summed E-state index contributed by atoms with van der Waals surface area (Å²) in [5, 5.41) is 0. The second-order valence-electron chi connectivity index (χ2n) is 3.13. The summed E-state index contributed by atoms with van der Waals surface area (Å²) in [5.74, 6) is -0.260. The molecule has 0 saturated carbocycles. The highest BCUT2D eigenvalue weighted by molar-refractivity contribution is 5.66. The maximum Gasteiger partial charge on any atom is 0.302 e. The smallest absolute Gasteiger partial charge is 0.302 e. The quantitative estimate of drug-likeness (QED) is 0.622. The van der Waals surface area contributed by atoms with Crippen LogP contribution in [-0.2, 0) is 19.0 Å². The number of carbonyl (C=O) groups excluding carboxylic acids is 1. The molecular formula is C9H16O4. The fourth-order valence-electron chi connectivity index (χ4n) is 1.53. The van der Waals surface area contributed by atoms with Crippen molar-refractivity contribution in [3.8, 4) is 0 Å². The maximum atomic E-state index is 10.7. The van der Waals surface area contributed by atoms with Gasteiger partial charge in [0.2, 0.25) is 0 Å². The third kappa shape index (κ3) is 2.67. The molecule has 0 aromatic rings. The molecule has 0 amide bonds. The number of esters is 1. The highest BCUT2D eigenvalue weighted by Crippen LogP contribution is 2.25. The van der Waals surface area contributed by atoms with Gasteiger partial charge in [-0.25, -0.2) is 0 Å². The summed E-state index contributed by atoms with van der Waals surface area (Å²) < 4.78 is 15.6. The van der Waals surface area contributed by atoms with Crippen LogP contribution in [0, 0.1) is 0 Å². The van der Waals surface area contributed by atoms with E-state index in [0.29, 0.717) is 6.42 Å². The average molecular weight is 188 g/mol. The molecule has 0 spiro atoms. The summed E-state index contributed by atoms with van der Waals surface area (Å²) in [6.45, 7) is 3.41. The minimum Gasteiger partial charge on any atom is -0.460 e. The first kappa shape index (κ1) is 10.5. The van der Waals surface area contributed by atoms with Gasteiger partial charge in [0.25, 0.3) is 0 Å². The lowest BCUT2D eigenvalue weighted by atomic mass is 10.1. The Morgan fingerprint density at radius 2 is 2.31 bits per heavy atom. The van der Waals surface area contributed by atoms with E-state index in [-0.39, 0.29) is 24.5 Å². The zero-order valence-corrected chi connectivity index (χ0v) is 8.28. The Hall–Kier alpha value is -0.610. The molecule has 1 saturated heterocycles. The molecule has 2 unspecified atom stereocenters. The Balaban J connectivity index is 2.47. The molecule has 3 atom stereocenters. The summed E-state index contributed by atoms with van der Waals surface area (Å²) in [5.41, 5.74) is 0. The summed E-state index contributed by atoms with van der Waals surface area (Å²) in [7, 11) is 1.59. The second-order valence-corrected chi connectivity index (χ2v) is 3.13. The molecule has 1 heterocycles. The van der Waals surface area contributed by atoms with Crippen LogP contribution in [0.2, 0.25) is 0 Å². The van der Waals surface area contributed by atoms with E-state index < -0.39 is 0 Å². The number of rotatable bonds is 3. The molecule has 4 heteroatoms. The van der Waals surface area contributed by atoms with Gasteiger partial charge < -0.3 is 14.2 Å². The van der Waals surface area contributed by atoms with Crippen molar-refractivity contribution >= 4 is 5.97 Å². The molecule has 1 rings (SSSR count). The largest absolute Gasteiger partial charge is 0.460 e. The summed E-state index contributed by atoms with van der Waals surface area (Å²) in [4.78, 5) is 10.7. The van der Waals surface area contributed by atoms with Crippen molar-refractivity contribution in [1.29, 1.82) is 0 Å². The Morgan fingerprint density at radius 1 is 1.62 bits per heavy atom. The van der Waals surface area contributed by atoms with Gasteiger partial charge in [0.15, 0.2) is 6.29 Å². The summed E-state index contributed by atoms with van der Waals surface area (Å²) in [6.07, 6.45) is 1.07. The zero-order valence-electron chi connectivity index (χ0n) is 8.28. The fourth-order valence-corrected chi connectivity index (χ4v) is 1.53. The van der Waals surface area contributed by atoms with Crippen LogP contribution < -0.4 is 0 Å². The Kier molecular flexibility index (Phi) is 3.69. The molecular weight excluding hydrogens is 172 g/mol. The highest BCUT2D eigenvalue weighted by atomic mass is 16.7. The van der Waals surface area contributed by atoms with Gasteiger partial charge in [-0.05, 0) is 6.42 Å². The number of carbonyl (C=O) groups is 1. The molecule has 13 heavy (non-hydrogen) atoms. The van der Waals surface area contributed by atoms with Crippen LogP contribution in [0.25, 0.3) is 0 Å². The molecule has 0 radical (unpaired) electrons. The van der Waals surface area contributed by atoms with Crippen LogP contribution in [-0.4, -0.2) is 31.6 Å². The number of hydrogen-bond donors (Lipinski definition) is 0. The summed E-state index contributed by atoms with van der Waals surface area (Å²) in [6, 6.07) is 0. The van der Waals surface area contributed by atoms with E-state index in [1.807, 2.05) is 6.92 Å². The van der Waals surface area contributed by atoms with Gasteiger partial charge in [-0.15, -0.1) is 0 Å². The van der Waals surface area contributed by atoms with E-state index in [1.165, 1.54) is 6.92 Å². The van der Waals surface area contributed by atoms with E-state index >= 15 is 0 Å². The second kappa shape index (κ2) is 4.58. The molecule has 0 bridgehead atoms. The molecule has 1 fully saturated rings. The maximum absolute atomic E-state index is 10.7. The first-order valence-electron chi connectivity index (χ1n) is 4.52. The van der Waals surface area contributed by atoms with Crippen LogP contribution >= 0.6 is 0 Å². The van der Waals surface area contributed by atoms with Gasteiger partial charge >= 0.3 is 5.97 Å². The van der Waals surface area contributed by atoms with Crippen molar-refractivity contribution in [2.24, 2.45) is 0 Å². The van der Waals surface area contributed by atoms with E-state index in [9.17, 15) is 4.79 Å². The standard InChI is InChI=1S/C9H16O4/c1-4-7-8(12-6(2)10)5-9(11-3)13-7/h7-9H,4-5H2,1-3H3/t7-,8?,9?/m1/s1. The van der Waals surface area contributed by atoms with Crippen LogP contribution in [0.5, 0.6) is 0 Å². The molecule has 4 nitrogen and oxygen atoms in total. The topological polar surface area (TPSA) is 44.8 Å². The SMILES string of the molecule is CC[C@H]1OC(OC)CC1OC(C)=O. The van der Waals surface area contributed by atoms with Crippen LogP contribution in [0.4, 0.5) is 0 Å². The van der Waals surface area contributed by atoms with Gasteiger partial charge in [0.1, 0.15) is 6.10 Å². The van der Waals surface area contributed by atoms with Crippen molar-refractivity contribution in [3.05, 3.63) is 0 Å². The summed E-state index contributed by atoms with van der Waals surface area (Å²) >= 11 is 0. The Labute approximate surface area is 78.2 Å². The van der Waals surface area contributed by atoms with E-state index in [0.717, 1.165) is 6.42 Å². The van der Waals surface area contributed by atoms with E-state index in [4.69, 9.17) is 14.2 Å². The van der Waals surface area contributed by atoms with Crippen molar-refractivity contribution < 1.29 is 19.0 Å². The fraction of sp³-hybridized carbons (Fsp3) is 0.889. The lowest BCUT2D eigenvalue weighted by Gasteiger charge is -2.15. The molecule has 0 aliphatic carbocycles. The zero-order chi connectivity index (χ0) is 9.84. The molecule has 1 aliphatic rings. The van der Waals surface area contributed by atoms with E-state index in [2.05, 4.69) is 0 Å². The number of hydrogen-bond acceptors (Lipinski definition) is 4. The lowest BCUT2D eigenvalue weighted by Crippen LogP contribution is -2.25. The Morgan fingerprint density at radius 3 is 2.77 bits per heavy atom. The molecule has 0 aromatic carbocycles.